The van der Waals surface area contributed by atoms with Crippen molar-refractivity contribution in [3.63, 3.8) is 0 Å². The molecule has 7 heteroatoms. The Kier molecular flexibility index (Phi) is 8.67. The summed E-state index contributed by atoms with van der Waals surface area (Å²) in [5.41, 5.74) is 0.959. The van der Waals surface area contributed by atoms with Crippen LogP contribution in [-0.4, -0.2) is 58.5 Å². The van der Waals surface area contributed by atoms with Crippen molar-refractivity contribution in [2.24, 2.45) is 12.0 Å². The van der Waals surface area contributed by atoms with E-state index < -0.39 is 5.60 Å². The molecule has 0 amide bonds. The molecular formula is C22H36N6O. The van der Waals surface area contributed by atoms with E-state index in [0.717, 1.165) is 31.7 Å². The van der Waals surface area contributed by atoms with Crippen LogP contribution in [0.25, 0.3) is 0 Å². The van der Waals surface area contributed by atoms with Crippen LogP contribution in [0.1, 0.15) is 44.9 Å². The zero-order valence-corrected chi connectivity index (χ0v) is 18.4. The van der Waals surface area contributed by atoms with Crippen molar-refractivity contribution in [3.05, 3.63) is 53.9 Å². The Morgan fingerprint density at radius 1 is 1.21 bits per heavy atom. The summed E-state index contributed by atoms with van der Waals surface area (Å²) in [4.78, 5) is 7.06. The number of aliphatic hydroxyl groups is 1. The summed E-state index contributed by atoms with van der Waals surface area (Å²) < 4.78 is 1.69. The van der Waals surface area contributed by atoms with Gasteiger partial charge in [-0.2, -0.15) is 5.10 Å². The Bertz CT molecular complexity index is 752. The lowest BCUT2D eigenvalue weighted by atomic mass is 10.0. The Morgan fingerprint density at radius 3 is 2.45 bits per heavy atom. The van der Waals surface area contributed by atoms with E-state index in [0.29, 0.717) is 5.96 Å². The first kappa shape index (κ1) is 22.9. The van der Waals surface area contributed by atoms with Gasteiger partial charge in [-0.25, -0.2) is 4.99 Å². The molecule has 160 valence electrons. The molecule has 0 radical (unpaired) electrons. The maximum absolute atomic E-state index is 10.8. The zero-order chi connectivity index (χ0) is 21.3. The van der Waals surface area contributed by atoms with Crippen molar-refractivity contribution < 1.29 is 5.11 Å². The fourth-order valence-corrected chi connectivity index (χ4v) is 3.36. The highest BCUT2D eigenvalue weighted by Crippen LogP contribution is 2.21. The molecule has 1 aromatic carbocycles. The fraction of sp³-hybridized carbons (Fsp3) is 0.545. The number of hydrogen-bond donors (Lipinski definition) is 3. The molecule has 0 aliphatic rings. The molecule has 0 aliphatic carbocycles. The van der Waals surface area contributed by atoms with Crippen LogP contribution in [0, 0.1) is 0 Å². The number of nitrogens with one attached hydrogen (secondary N) is 2. The Hall–Kier alpha value is -2.38. The van der Waals surface area contributed by atoms with Gasteiger partial charge in [-0.05, 0) is 32.5 Å². The van der Waals surface area contributed by atoms with Crippen molar-refractivity contribution >= 4 is 5.96 Å². The van der Waals surface area contributed by atoms with E-state index in [4.69, 9.17) is 0 Å². The largest absolute Gasteiger partial charge is 0.383 e. The number of hydrogen-bond acceptors (Lipinski definition) is 4. The van der Waals surface area contributed by atoms with E-state index in [-0.39, 0.29) is 12.6 Å². The number of nitrogens with zero attached hydrogens (tertiary/aromatic N) is 4. The standard InChI is InChI=1S/C22H36N6O/c1-6-23-21(25-17-22(4,29)19-14-26-27(5)16-19)24-15-20(28(7-2)8-3)18-12-10-9-11-13-18/h9-14,16,20,29H,6-8,15,17H2,1-5H3,(H2,23,24,25). The minimum atomic E-state index is -1.08. The van der Waals surface area contributed by atoms with Gasteiger partial charge in [0.15, 0.2) is 5.96 Å². The highest BCUT2D eigenvalue weighted by molar-refractivity contribution is 5.79. The molecule has 3 N–H and O–H groups in total. The molecule has 0 saturated carbocycles. The van der Waals surface area contributed by atoms with E-state index in [2.05, 4.69) is 63.7 Å². The number of rotatable bonds is 10. The molecular weight excluding hydrogens is 364 g/mol. The van der Waals surface area contributed by atoms with Crippen molar-refractivity contribution in [3.8, 4) is 0 Å². The van der Waals surface area contributed by atoms with Crippen LogP contribution in [0.5, 0.6) is 0 Å². The summed E-state index contributed by atoms with van der Waals surface area (Å²) in [7, 11) is 1.84. The molecule has 29 heavy (non-hydrogen) atoms. The summed E-state index contributed by atoms with van der Waals surface area (Å²) in [6, 6.07) is 10.8. The molecule has 1 aromatic heterocycles. The smallest absolute Gasteiger partial charge is 0.191 e. The monoisotopic (exact) mass is 400 g/mol. The molecule has 1 heterocycles. The predicted octanol–water partition coefficient (Wildman–Crippen LogP) is 2.27. The number of aliphatic imine (C=N–C) groups is 1. The molecule has 0 bridgehead atoms. The lowest BCUT2D eigenvalue weighted by molar-refractivity contribution is 0.0671. The second-order valence-corrected chi connectivity index (χ2v) is 7.40. The number of benzene rings is 1. The quantitative estimate of drug-likeness (QED) is 0.421. The Balaban J connectivity index is 2.12. The van der Waals surface area contributed by atoms with Crippen LogP contribution < -0.4 is 10.6 Å². The van der Waals surface area contributed by atoms with Crippen LogP contribution in [0.2, 0.25) is 0 Å². The van der Waals surface area contributed by atoms with E-state index in [9.17, 15) is 5.11 Å². The first-order valence-electron chi connectivity index (χ1n) is 10.4. The fourth-order valence-electron chi connectivity index (χ4n) is 3.36. The Morgan fingerprint density at radius 2 is 1.90 bits per heavy atom. The van der Waals surface area contributed by atoms with Crippen LogP contribution in [0.3, 0.4) is 0 Å². The predicted molar refractivity (Wildman–Crippen MR) is 119 cm³/mol. The third-order valence-corrected chi connectivity index (χ3v) is 5.12. The van der Waals surface area contributed by atoms with E-state index in [1.54, 1.807) is 17.8 Å². The third kappa shape index (κ3) is 6.58. The summed E-state index contributed by atoms with van der Waals surface area (Å²) >= 11 is 0. The molecule has 0 aliphatic heterocycles. The summed E-state index contributed by atoms with van der Waals surface area (Å²) in [6.07, 6.45) is 3.50. The average molecular weight is 401 g/mol. The van der Waals surface area contributed by atoms with E-state index >= 15 is 0 Å². The van der Waals surface area contributed by atoms with Gasteiger partial charge in [0.25, 0.3) is 0 Å². The molecule has 2 aromatic rings. The van der Waals surface area contributed by atoms with Gasteiger partial charge in [0.2, 0.25) is 0 Å². The topological polar surface area (TPSA) is 77.7 Å². The molecule has 0 fully saturated rings. The molecule has 2 unspecified atom stereocenters. The van der Waals surface area contributed by atoms with E-state index in [1.807, 2.05) is 26.2 Å². The van der Waals surface area contributed by atoms with Gasteiger partial charge in [0.1, 0.15) is 5.60 Å². The zero-order valence-electron chi connectivity index (χ0n) is 18.4. The minimum Gasteiger partial charge on any atom is -0.383 e. The highest BCUT2D eigenvalue weighted by atomic mass is 16.3. The molecule has 2 atom stereocenters. The molecule has 2 rings (SSSR count). The average Bonchev–Trinajstić information content (AvgIpc) is 3.17. The van der Waals surface area contributed by atoms with Crippen LogP contribution in [0.4, 0.5) is 0 Å². The minimum absolute atomic E-state index is 0.244. The molecule has 0 spiro atoms. The van der Waals surface area contributed by atoms with Crippen LogP contribution in [0.15, 0.2) is 47.7 Å². The van der Waals surface area contributed by atoms with Gasteiger partial charge in [0.05, 0.1) is 18.8 Å². The van der Waals surface area contributed by atoms with Gasteiger partial charge in [0, 0.05) is 31.9 Å². The van der Waals surface area contributed by atoms with Gasteiger partial charge in [-0.15, -0.1) is 0 Å². The second-order valence-electron chi connectivity index (χ2n) is 7.40. The number of likely N-dealkylation sites (N-methyl/N-ethyl adjacent to an activating group) is 1. The molecule has 7 nitrogen and oxygen atoms in total. The maximum Gasteiger partial charge on any atom is 0.191 e. The van der Waals surface area contributed by atoms with Crippen molar-refractivity contribution in [1.82, 2.24) is 25.3 Å². The summed E-state index contributed by atoms with van der Waals surface area (Å²) in [6.45, 7) is 11.8. The Labute approximate surface area is 174 Å². The van der Waals surface area contributed by atoms with Gasteiger partial charge in [-0.1, -0.05) is 44.2 Å². The maximum atomic E-state index is 10.8. The van der Waals surface area contributed by atoms with Crippen molar-refractivity contribution in [1.29, 1.82) is 0 Å². The third-order valence-electron chi connectivity index (χ3n) is 5.12. The van der Waals surface area contributed by atoms with Crippen LogP contribution >= 0.6 is 0 Å². The van der Waals surface area contributed by atoms with Crippen LogP contribution in [-0.2, 0) is 12.6 Å². The summed E-state index contributed by atoms with van der Waals surface area (Å²) in [5, 5.41) is 21.7. The van der Waals surface area contributed by atoms with Gasteiger partial charge in [-0.3, -0.25) is 9.58 Å². The lowest BCUT2D eigenvalue weighted by Gasteiger charge is -2.31. The van der Waals surface area contributed by atoms with E-state index in [1.165, 1.54) is 5.56 Å². The van der Waals surface area contributed by atoms with Crippen molar-refractivity contribution in [2.45, 2.75) is 39.3 Å². The normalized spacial score (nSPS) is 15.2. The number of aromatic nitrogens is 2. The van der Waals surface area contributed by atoms with Crippen molar-refractivity contribution in [2.75, 3.05) is 32.7 Å². The first-order chi connectivity index (χ1) is 13.9. The first-order valence-corrected chi connectivity index (χ1v) is 10.4. The van der Waals surface area contributed by atoms with Gasteiger partial charge < -0.3 is 15.7 Å². The lowest BCUT2D eigenvalue weighted by Crippen LogP contribution is -2.44. The number of aryl methyl sites for hydroxylation is 1. The van der Waals surface area contributed by atoms with Gasteiger partial charge >= 0.3 is 0 Å². The number of guanidine groups is 1. The highest BCUT2D eigenvalue weighted by Gasteiger charge is 2.25. The molecule has 0 saturated heterocycles. The second kappa shape index (κ2) is 11.0. The summed E-state index contributed by atoms with van der Waals surface area (Å²) in [5.74, 6) is 0.699. The SMILES string of the molecule is CCNC(=NCC(C)(O)c1cnn(C)c1)NCC(c1ccccc1)N(CC)CC.